The zero-order chi connectivity index (χ0) is 25.8. The number of hydrogen-bond donors (Lipinski definition) is 5. The molecule has 8 N–H and O–H groups in total. The monoisotopic (exact) mass is 679 g/mol. The number of fused-ring (bicyclic) bond motifs is 1. The molecule has 2 aromatic rings. The highest BCUT2D eigenvalue weighted by Crippen LogP contribution is 2.41. The molecule has 2 aliphatic heterocycles. The number of carboxylic acid groups (broad SMARTS) is 1. The van der Waals surface area contributed by atoms with Crippen LogP contribution in [-0.4, -0.2) is 84.8 Å². The lowest BCUT2D eigenvalue weighted by Gasteiger charge is -2.49. The van der Waals surface area contributed by atoms with E-state index < -0.39 is 29.2 Å². The Hall–Kier alpha value is -1.90. The summed E-state index contributed by atoms with van der Waals surface area (Å²) in [5.74, 6) is -1.78. The van der Waals surface area contributed by atoms with Crippen molar-refractivity contribution in [1.82, 2.24) is 25.4 Å². The number of nitrogen functional groups attached to an aromatic ring is 1. The number of carboxylic acids is 1. The van der Waals surface area contributed by atoms with Gasteiger partial charge in [-0.2, -0.15) is 0 Å². The summed E-state index contributed by atoms with van der Waals surface area (Å²) in [5.41, 5.74) is 17.1. The van der Waals surface area contributed by atoms with Crippen LogP contribution in [0.25, 0.3) is 0 Å². The summed E-state index contributed by atoms with van der Waals surface area (Å²) >= 11 is 5.13. The minimum atomic E-state index is -1.22. The van der Waals surface area contributed by atoms with Crippen LogP contribution in [0.4, 0.5) is 5.13 Å². The number of hydrogen-bond acceptors (Lipinski definition) is 15. The molecule has 0 radical (unpaired) electrons. The number of thioether (sulfide) groups is 2. The first-order valence-corrected chi connectivity index (χ1v) is 14.0. The largest absolute Gasteiger partial charge is 0.477 e. The van der Waals surface area contributed by atoms with Crippen molar-refractivity contribution in [3.8, 4) is 0 Å². The summed E-state index contributed by atoms with van der Waals surface area (Å²) in [6, 6.07) is -0.947. The van der Waals surface area contributed by atoms with E-state index in [1.807, 2.05) is 0 Å². The van der Waals surface area contributed by atoms with Crippen molar-refractivity contribution >= 4 is 112 Å². The topological polar surface area (TPSA) is 225 Å². The van der Waals surface area contributed by atoms with Crippen LogP contribution >= 0.6 is 83.4 Å². The fourth-order valence-corrected chi connectivity index (χ4v) is 7.10. The van der Waals surface area contributed by atoms with Gasteiger partial charge in [0.15, 0.2) is 15.2 Å². The van der Waals surface area contributed by atoms with Gasteiger partial charge in [0, 0.05) is 30.0 Å². The van der Waals surface area contributed by atoms with Gasteiger partial charge in [-0.25, -0.2) is 9.78 Å². The quantitative estimate of drug-likeness (QED) is 0.0718. The molecule has 0 saturated carbocycles. The third-order valence-corrected chi connectivity index (χ3v) is 9.05. The number of oxime groups is 1. The van der Waals surface area contributed by atoms with Crippen LogP contribution in [0.2, 0.25) is 0 Å². The first-order chi connectivity index (χ1) is 17.3. The van der Waals surface area contributed by atoms with Gasteiger partial charge in [-0.3, -0.25) is 14.5 Å². The Morgan fingerprint density at radius 2 is 2.03 bits per heavy atom. The number of aromatic nitrogens is 3. The molecule has 4 heterocycles. The lowest BCUT2D eigenvalue weighted by Crippen LogP contribution is -2.71. The van der Waals surface area contributed by atoms with Crippen LogP contribution in [0.15, 0.2) is 26.1 Å². The number of thiazole rings is 1. The number of β-lactam (4-membered cyclic amide) rings is 1. The molecule has 2 aliphatic rings. The maximum absolute atomic E-state index is 13.0. The lowest BCUT2D eigenvalue weighted by molar-refractivity contribution is -0.150. The molecule has 2 atom stereocenters. The molecule has 1 fully saturated rings. The summed E-state index contributed by atoms with van der Waals surface area (Å²) in [6.07, 6.45) is 0. The molecule has 0 bridgehead atoms. The molecule has 2 unspecified atom stereocenters. The molecule has 39 heavy (non-hydrogen) atoms. The van der Waals surface area contributed by atoms with Crippen LogP contribution in [0.1, 0.15) is 10.7 Å². The Balaban J connectivity index is 0.00000253. The second kappa shape index (κ2) is 15.8. The smallest absolute Gasteiger partial charge is 0.352 e. The first-order valence-electron chi connectivity index (χ1n) is 10.3. The highest BCUT2D eigenvalue weighted by Gasteiger charge is 2.54. The third-order valence-electron chi connectivity index (χ3n) is 4.87. The van der Waals surface area contributed by atoms with Gasteiger partial charge in [0.25, 0.3) is 11.8 Å². The normalized spacial score (nSPS) is 18.2. The number of aliphatic carboxylic acids is 1. The average molecular weight is 681 g/mol. The predicted molar refractivity (Wildman–Crippen MR) is 158 cm³/mol. The Morgan fingerprint density at radius 3 is 2.62 bits per heavy atom. The van der Waals surface area contributed by atoms with Crippen molar-refractivity contribution in [3.63, 3.8) is 0 Å². The molecule has 21 heteroatoms. The summed E-state index contributed by atoms with van der Waals surface area (Å²) in [7, 11) is 0. The van der Waals surface area contributed by atoms with Gasteiger partial charge in [0.05, 0.1) is 0 Å². The van der Waals surface area contributed by atoms with Crippen molar-refractivity contribution in [2.75, 3.05) is 30.4 Å². The fourth-order valence-electron chi connectivity index (χ4n) is 3.30. The lowest BCUT2D eigenvalue weighted by atomic mass is 10.0. The van der Waals surface area contributed by atoms with Crippen molar-refractivity contribution in [1.29, 1.82) is 0 Å². The molecule has 0 aromatic carbocycles. The molecular weight excluding hydrogens is 657 g/mol. The summed E-state index contributed by atoms with van der Waals surface area (Å²) in [4.78, 5) is 48.3. The van der Waals surface area contributed by atoms with E-state index in [1.54, 1.807) is 0 Å². The third kappa shape index (κ3) is 7.86. The van der Waals surface area contributed by atoms with Gasteiger partial charge in [-0.05, 0) is 5.57 Å². The molecule has 0 spiro atoms. The Bertz CT molecular complexity index is 1240. The van der Waals surface area contributed by atoms with Crippen LogP contribution in [0.5, 0.6) is 0 Å². The molecule has 0 aliphatic carbocycles. The first kappa shape index (κ1) is 35.1. The highest BCUT2D eigenvalue weighted by molar-refractivity contribution is 8.01. The van der Waals surface area contributed by atoms with Crippen molar-refractivity contribution < 1.29 is 24.3 Å². The zero-order valence-electron chi connectivity index (χ0n) is 19.7. The van der Waals surface area contributed by atoms with Crippen LogP contribution < -0.4 is 22.5 Å². The van der Waals surface area contributed by atoms with Crippen molar-refractivity contribution in [2.24, 2.45) is 16.6 Å². The van der Waals surface area contributed by atoms with Gasteiger partial charge in [-0.1, -0.05) is 28.3 Å². The average Bonchev–Trinajstić information content (AvgIpc) is 3.51. The highest BCUT2D eigenvalue weighted by atomic mass is 35.5. The molecule has 4 rings (SSSR count). The van der Waals surface area contributed by atoms with Crippen LogP contribution in [-0.2, 0) is 25.8 Å². The number of carbonyl (C=O) groups is 3. The van der Waals surface area contributed by atoms with E-state index in [0.717, 1.165) is 11.3 Å². The van der Waals surface area contributed by atoms with Crippen molar-refractivity contribution in [3.05, 3.63) is 27.4 Å². The van der Waals surface area contributed by atoms with E-state index >= 15 is 0 Å². The maximum atomic E-state index is 13.0. The van der Waals surface area contributed by atoms with Crippen molar-refractivity contribution in [2.45, 2.75) is 22.3 Å². The second-order valence-electron chi connectivity index (χ2n) is 7.21. The number of anilines is 1. The zero-order valence-corrected chi connectivity index (χ0v) is 25.4. The number of rotatable bonds is 11. The molecule has 2 aromatic heterocycles. The number of nitrogens with one attached hydrogen (secondary N) is 1. The van der Waals surface area contributed by atoms with E-state index in [9.17, 15) is 19.5 Å². The molecule has 1 saturated heterocycles. The minimum absolute atomic E-state index is 0. The predicted octanol–water partition coefficient (Wildman–Crippen LogP) is 0.511. The second-order valence-corrected chi connectivity index (χ2v) is 11.5. The Morgan fingerprint density at radius 1 is 1.28 bits per heavy atom. The summed E-state index contributed by atoms with van der Waals surface area (Å²) < 4.78 is 0.659. The maximum Gasteiger partial charge on any atom is 0.352 e. The van der Waals surface area contributed by atoms with Gasteiger partial charge in [0.2, 0.25) is 0 Å². The van der Waals surface area contributed by atoms with E-state index in [-0.39, 0.29) is 79.2 Å². The number of carbonyl (C=O) groups excluding carboxylic acids is 2. The Labute approximate surface area is 257 Å². The Kier molecular flexibility index (Phi) is 14.2. The molecule has 2 amide bonds. The standard InChI is InChI=1S/C18H21N9O5S4.3ClH/c19-1-2-32-26-10(8-6-34-17(21)22-8)13(28)23-11-14(29)27-12(16(30)31)7(4-33-15(11)27)5-35-18-25-24-9(3-20)36-18;;;/h6,11,15H,1-5,19-20H2,(H2,21,22)(H,23,28)(H,30,31);3*1H/b26-10+;;;. The van der Waals surface area contributed by atoms with Gasteiger partial charge in [-0.15, -0.1) is 70.5 Å². The minimum Gasteiger partial charge on any atom is -0.477 e. The number of nitrogens with zero attached hydrogens (tertiary/aromatic N) is 5. The molecule has 14 nitrogen and oxygen atoms in total. The summed E-state index contributed by atoms with van der Waals surface area (Å²) in [5, 5.41) is 26.1. The number of amides is 2. The van der Waals surface area contributed by atoms with Gasteiger partial charge >= 0.3 is 5.97 Å². The van der Waals surface area contributed by atoms with E-state index in [2.05, 4.69) is 25.7 Å². The van der Waals surface area contributed by atoms with E-state index in [4.69, 9.17) is 22.0 Å². The van der Waals surface area contributed by atoms with Crippen LogP contribution in [0.3, 0.4) is 0 Å². The summed E-state index contributed by atoms with van der Waals surface area (Å²) in [6.45, 7) is 0.531. The molecule has 216 valence electrons. The van der Waals surface area contributed by atoms with E-state index in [1.165, 1.54) is 45.1 Å². The molecular formula is C18H24Cl3N9O5S4. The van der Waals surface area contributed by atoms with E-state index in [0.29, 0.717) is 26.4 Å². The number of nitrogens with two attached hydrogens (primary N) is 3. The SMILES string of the molecule is Cl.Cl.Cl.NCCO/N=C(/C(=O)NC1C(=O)N2C(C(=O)O)=C(CSc3nnc(CN)s3)CSC12)c1csc(N)n1. The number of halogens is 3. The van der Waals surface area contributed by atoms with Gasteiger partial charge < -0.3 is 32.5 Å². The van der Waals surface area contributed by atoms with Crippen LogP contribution in [0, 0.1) is 0 Å². The fraction of sp³-hybridized carbons (Fsp3) is 0.389. The van der Waals surface area contributed by atoms with Gasteiger partial charge in [0.1, 0.15) is 34.4 Å².